The average molecular weight is 290 g/mol. The predicted octanol–water partition coefficient (Wildman–Crippen LogP) is 3.47. The third-order valence-electron chi connectivity index (χ3n) is 3.25. The third kappa shape index (κ3) is 2.44. The number of nitrogens with two attached hydrogens (primary N) is 1. The van der Waals surface area contributed by atoms with Crippen LogP contribution in [0.2, 0.25) is 0 Å². The molecule has 1 aromatic heterocycles. The average Bonchev–Trinajstić information content (AvgIpc) is 2.58. The fraction of sp³-hybridized carbons (Fsp3) is 0.636. The lowest BCUT2D eigenvalue weighted by atomic mass is 9.75. The van der Waals surface area contributed by atoms with E-state index < -0.39 is 0 Å². The van der Waals surface area contributed by atoms with Gasteiger partial charge in [-0.15, -0.1) is 11.3 Å². The van der Waals surface area contributed by atoms with E-state index in [0.29, 0.717) is 0 Å². The van der Waals surface area contributed by atoms with Crippen LogP contribution in [0.5, 0.6) is 0 Å². The molecule has 1 unspecified atom stereocenters. The van der Waals surface area contributed by atoms with Gasteiger partial charge in [-0.25, -0.2) is 0 Å². The van der Waals surface area contributed by atoms with E-state index in [4.69, 9.17) is 10.5 Å². The summed E-state index contributed by atoms with van der Waals surface area (Å²) in [7, 11) is 1.80. The highest BCUT2D eigenvalue weighted by Gasteiger charge is 2.38. The summed E-state index contributed by atoms with van der Waals surface area (Å²) in [6.45, 7) is 0. The molecule has 1 aliphatic carbocycles. The Labute approximate surface area is 103 Å². The molecule has 15 heavy (non-hydrogen) atoms. The van der Waals surface area contributed by atoms with Crippen LogP contribution >= 0.6 is 27.3 Å². The molecule has 0 spiro atoms. The second kappa shape index (κ2) is 4.53. The largest absolute Gasteiger partial charge is 0.378 e. The number of rotatable bonds is 4. The van der Waals surface area contributed by atoms with Crippen LogP contribution in [-0.2, 0) is 4.74 Å². The van der Waals surface area contributed by atoms with Crippen molar-refractivity contribution in [2.24, 2.45) is 5.73 Å². The Hall–Kier alpha value is 0.1000. The van der Waals surface area contributed by atoms with Gasteiger partial charge in [0.25, 0.3) is 0 Å². The van der Waals surface area contributed by atoms with Crippen LogP contribution < -0.4 is 5.73 Å². The molecule has 1 aromatic rings. The molecule has 4 heteroatoms. The maximum atomic E-state index is 6.19. The fourth-order valence-electron chi connectivity index (χ4n) is 2.09. The van der Waals surface area contributed by atoms with Crippen LogP contribution in [0, 0.1) is 0 Å². The van der Waals surface area contributed by atoms with E-state index in [-0.39, 0.29) is 11.6 Å². The Morgan fingerprint density at radius 2 is 2.33 bits per heavy atom. The Morgan fingerprint density at radius 1 is 1.60 bits per heavy atom. The minimum atomic E-state index is 0.0654. The first-order valence-electron chi connectivity index (χ1n) is 5.21. The molecular formula is C11H16BrNOS. The first kappa shape index (κ1) is 11.6. The smallest absolute Gasteiger partial charge is 0.0701 e. The summed E-state index contributed by atoms with van der Waals surface area (Å²) in [5, 5.41) is 0. The van der Waals surface area contributed by atoms with E-state index >= 15 is 0 Å². The molecule has 1 atom stereocenters. The van der Waals surface area contributed by atoms with Gasteiger partial charge in [0.1, 0.15) is 0 Å². The molecule has 0 aliphatic heterocycles. The van der Waals surface area contributed by atoms with Gasteiger partial charge in [0.05, 0.1) is 9.39 Å². The van der Waals surface area contributed by atoms with E-state index in [1.807, 2.05) is 0 Å². The molecular weight excluding hydrogens is 274 g/mol. The lowest BCUT2D eigenvalue weighted by Crippen LogP contribution is -2.41. The lowest BCUT2D eigenvalue weighted by molar-refractivity contribution is -0.0815. The first-order valence-corrected chi connectivity index (χ1v) is 6.82. The van der Waals surface area contributed by atoms with Crippen molar-refractivity contribution < 1.29 is 4.74 Å². The van der Waals surface area contributed by atoms with Crippen LogP contribution in [0.1, 0.15) is 36.6 Å². The summed E-state index contributed by atoms with van der Waals surface area (Å²) >= 11 is 5.18. The second-order valence-electron chi connectivity index (χ2n) is 4.19. The first-order chi connectivity index (χ1) is 7.15. The van der Waals surface area contributed by atoms with Crippen LogP contribution in [0.4, 0.5) is 0 Å². The van der Waals surface area contributed by atoms with Crippen molar-refractivity contribution in [3.63, 3.8) is 0 Å². The molecule has 0 saturated heterocycles. The van der Waals surface area contributed by atoms with Crippen molar-refractivity contribution in [3.8, 4) is 0 Å². The summed E-state index contributed by atoms with van der Waals surface area (Å²) in [5.74, 6) is 0. The molecule has 0 amide bonds. The number of methoxy groups -OCH3 is 1. The molecule has 1 fully saturated rings. The number of halogens is 1. The van der Waals surface area contributed by atoms with Crippen LogP contribution in [-0.4, -0.2) is 12.7 Å². The minimum Gasteiger partial charge on any atom is -0.378 e. The molecule has 2 N–H and O–H groups in total. The molecule has 0 aromatic carbocycles. The number of hydrogen-bond acceptors (Lipinski definition) is 3. The van der Waals surface area contributed by atoms with Crippen molar-refractivity contribution in [3.05, 3.63) is 20.8 Å². The van der Waals surface area contributed by atoms with Crippen LogP contribution in [0.25, 0.3) is 0 Å². The lowest BCUT2D eigenvalue weighted by Gasteiger charge is -2.42. The Kier molecular flexibility index (Phi) is 3.50. The summed E-state index contributed by atoms with van der Waals surface area (Å²) in [6.07, 6.45) is 4.53. The van der Waals surface area contributed by atoms with E-state index in [1.54, 1.807) is 18.4 Å². The quantitative estimate of drug-likeness (QED) is 0.921. The molecule has 2 rings (SSSR count). The van der Waals surface area contributed by atoms with E-state index in [0.717, 1.165) is 23.0 Å². The highest BCUT2D eigenvalue weighted by atomic mass is 79.9. The van der Waals surface area contributed by atoms with E-state index in [9.17, 15) is 0 Å². The Balaban J connectivity index is 1.99. The normalized spacial score (nSPS) is 21.0. The van der Waals surface area contributed by atoms with Gasteiger partial charge in [-0.05, 0) is 53.7 Å². The van der Waals surface area contributed by atoms with Gasteiger partial charge >= 0.3 is 0 Å². The Bertz CT molecular complexity index is 330. The standard InChI is InChI=1S/C11H16BrNOS/c1-14-11(5-2-6-11)7-8(13)9-3-4-10(12)15-9/h3-4,8H,2,5-7,13H2,1H3. The zero-order valence-electron chi connectivity index (χ0n) is 8.83. The maximum absolute atomic E-state index is 6.19. The van der Waals surface area contributed by atoms with Gasteiger partial charge in [0.2, 0.25) is 0 Å². The topological polar surface area (TPSA) is 35.2 Å². The van der Waals surface area contributed by atoms with Crippen molar-refractivity contribution >= 4 is 27.3 Å². The molecule has 84 valence electrons. The highest BCUT2D eigenvalue weighted by Crippen LogP contribution is 2.42. The van der Waals surface area contributed by atoms with Gasteiger partial charge in [-0.1, -0.05) is 0 Å². The molecule has 0 radical (unpaired) electrons. The third-order valence-corrected chi connectivity index (χ3v) is 5.00. The monoisotopic (exact) mass is 289 g/mol. The van der Waals surface area contributed by atoms with Crippen molar-refractivity contribution in [2.75, 3.05) is 7.11 Å². The summed E-state index contributed by atoms with van der Waals surface area (Å²) in [5.41, 5.74) is 6.25. The summed E-state index contributed by atoms with van der Waals surface area (Å²) < 4.78 is 6.73. The maximum Gasteiger partial charge on any atom is 0.0701 e. The minimum absolute atomic E-state index is 0.0654. The van der Waals surface area contributed by atoms with Crippen molar-refractivity contribution in [2.45, 2.75) is 37.3 Å². The van der Waals surface area contributed by atoms with Gasteiger partial charge < -0.3 is 10.5 Å². The van der Waals surface area contributed by atoms with Gasteiger partial charge in [-0.2, -0.15) is 0 Å². The number of thiophene rings is 1. The second-order valence-corrected chi connectivity index (χ2v) is 6.69. The summed E-state index contributed by atoms with van der Waals surface area (Å²) in [4.78, 5) is 1.24. The Morgan fingerprint density at radius 3 is 2.73 bits per heavy atom. The van der Waals surface area contributed by atoms with Crippen molar-refractivity contribution in [1.29, 1.82) is 0 Å². The predicted molar refractivity (Wildman–Crippen MR) is 67.2 cm³/mol. The number of ether oxygens (including phenoxy) is 1. The highest BCUT2D eigenvalue weighted by molar-refractivity contribution is 9.11. The van der Waals surface area contributed by atoms with Crippen LogP contribution in [0.3, 0.4) is 0 Å². The molecule has 2 nitrogen and oxygen atoms in total. The van der Waals surface area contributed by atoms with Gasteiger partial charge in [0, 0.05) is 18.0 Å². The van der Waals surface area contributed by atoms with E-state index in [2.05, 4.69) is 28.1 Å². The molecule has 1 heterocycles. The van der Waals surface area contributed by atoms with Crippen LogP contribution in [0.15, 0.2) is 15.9 Å². The SMILES string of the molecule is COC1(CC(N)c2ccc(Br)s2)CCC1. The van der Waals surface area contributed by atoms with Crippen molar-refractivity contribution in [1.82, 2.24) is 0 Å². The summed E-state index contributed by atoms with van der Waals surface area (Å²) in [6, 6.07) is 4.27. The molecule has 1 aliphatic rings. The van der Waals surface area contributed by atoms with Gasteiger partial charge in [-0.3, -0.25) is 0 Å². The zero-order chi connectivity index (χ0) is 10.9. The molecule has 1 saturated carbocycles. The zero-order valence-corrected chi connectivity index (χ0v) is 11.2. The van der Waals surface area contributed by atoms with E-state index in [1.165, 1.54) is 11.3 Å². The number of hydrogen-bond donors (Lipinski definition) is 1. The van der Waals surface area contributed by atoms with Gasteiger partial charge in [0.15, 0.2) is 0 Å². The fourth-order valence-corrected chi connectivity index (χ4v) is 3.52. The molecule has 0 bridgehead atoms.